The van der Waals surface area contributed by atoms with Gasteiger partial charge < -0.3 is 5.11 Å². The molecule has 1 aromatic carbocycles. The lowest BCUT2D eigenvalue weighted by Crippen LogP contribution is -2.36. The van der Waals surface area contributed by atoms with Crippen LogP contribution >= 0.6 is 0 Å². The van der Waals surface area contributed by atoms with Gasteiger partial charge in [-0.25, -0.2) is 12.7 Å². The molecule has 0 heterocycles. The van der Waals surface area contributed by atoms with Gasteiger partial charge in [-0.1, -0.05) is 12.1 Å². The molecule has 0 aliphatic carbocycles. The van der Waals surface area contributed by atoms with Gasteiger partial charge in [0.1, 0.15) is 0 Å². The Morgan fingerprint density at radius 1 is 1.24 bits per heavy atom. The number of aliphatic hydroxyl groups is 1. The van der Waals surface area contributed by atoms with Crippen molar-refractivity contribution in [1.29, 1.82) is 0 Å². The van der Waals surface area contributed by atoms with E-state index in [0.717, 1.165) is 16.4 Å². The fourth-order valence-electron chi connectivity index (χ4n) is 1.80. The number of nitrogens with zero attached hydrogens (tertiary/aromatic N) is 1. The van der Waals surface area contributed by atoms with E-state index in [1.54, 1.807) is 0 Å². The fraction of sp³-hybridized carbons (Fsp3) is 0.538. The van der Waals surface area contributed by atoms with Crippen LogP contribution in [0.1, 0.15) is 18.1 Å². The average Bonchev–Trinajstić information content (AvgIpc) is 2.38. The monoisotopic (exact) mass is 325 g/mol. The van der Waals surface area contributed by atoms with Crippen LogP contribution in [0.15, 0.2) is 24.3 Å². The summed E-state index contributed by atoms with van der Waals surface area (Å²) in [6.45, 7) is 1.39. The predicted molar refractivity (Wildman–Crippen MR) is 73.2 cm³/mol. The molecule has 4 nitrogen and oxygen atoms in total. The normalized spacial score (nSPS) is 14.4. The number of rotatable bonds is 6. The van der Waals surface area contributed by atoms with Gasteiger partial charge in [0.05, 0.1) is 17.4 Å². The molecule has 1 atom stereocenters. The summed E-state index contributed by atoms with van der Waals surface area (Å²) in [7, 11) is -2.03. The Morgan fingerprint density at radius 2 is 1.76 bits per heavy atom. The number of benzene rings is 1. The van der Waals surface area contributed by atoms with E-state index in [4.69, 9.17) is 0 Å². The number of likely N-dealkylation sites (N-methyl/N-ethyl adjacent to an activating group) is 1. The summed E-state index contributed by atoms with van der Waals surface area (Å²) in [5.74, 6) is -0.0729. The third-order valence-electron chi connectivity index (χ3n) is 3.06. The second-order valence-electron chi connectivity index (χ2n) is 4.73. The van der Waals surface area contributed by atoms with Gasteiger partial charge >= 0.3 is 6.18 Å². The summed E-state index contributed by atoms with van der Waals surface area (Å²) in [5, 5.41) is 9.83. The zero-order chi connectivity index (χ0) is 16.3. The molecule has 0 aromatic heterocycles. The number of hydrogen-bond acceptors (Lipinski definition) is 3. The van der Waals surface area contributed by atoms with Gasteiger partial charge in [-0.2, -0.15) is 13.2 Å². The van der Waals surface area contributed by atoms with Gasteiger partial charge in [0.25, 0.3) is 0 Å². The number of sulfonamides is 1. The molecular weight excluding hydrogens is 307 g/mol. The van der Waals surface area contributed by atoms with Crippen LogP contribution in [0.2, 0.25) is 0 Å². The molecule has 0 aliphatic heterocycles. The second kappa shape index (κ2) is 6.76. The van der Waals surface area contributed by atoms with Crippen LogP contribution in [-0.2, 0) is 22.6 Å². The van der Waals surface area contributed by atoms with Crippen LogP contribution < -0.4 is 0 Å². The lowest BCUT2D eigenvalue weighted by Gasteiger charge is -2.20. The van der Waals surface area contributed by atoms with E-state index in [-0.39, 0.29) is 18.7 Å². The molecule has 1 rings (SSSR count). The van der Waals surface area contributed by atoms with Crippen LogP contribution in [0.4, 0.5) is 13.2 Å². The lowest BCUT2D eigenvalue weighted by atomic mass is 10.1. The van der Waals surface area contributed by atoms with Crippen molar-refractivity contribution < 1.29 is 26.7 Å². The molecule has 0 saturated carbocycles. The van der Waals surface area contributed by atoms with Crippen molar-refractivity contribution in [3.63, 3.8) is 0 Å². The summed E-state index contributed by atoms with van der Waals surface area (Å²) >= 11 is 0. The molecule has 21 heavy (non-hydrogen) atoms. The highest BCUT2D eigenvalue weighted by Crippen LogP contribution is 2.29. The standard InChI is InChI=1S/C13H18F3NO3S/c1-3-21(19,20)17(2)9-12(18)8-10-4-6-11(7-5-10)13(14,15)16/h4-7,12,18H,3,8-9H2,1-2H3. The highest BCUT2D eigenvalue weighted by Gasteiger charge is 2.30. The third kappa shape index (κ3) is 5.29. The SMILES string of the molecule is CCS(=O)(=O)N(C)CC(O)Cc1ccc(C(F)(F)F)cc1. The van der Waals surface area contributed by atoms with Crippen molar-refractivity contribution in [1.82, 2.24) is 4.31 Å². The van der Waals surface area contributed by atoms with Crippen molar-refractivity contribution in [3.05, 3.63) is 35.4 Å². The molecule has 0 bridgehead atoms. The van der Waals surface area contributed by atoms with Gasteiger partial charge in [-0.3, -0.25) is 0 Å². The van der Waals surface area contributed by atoms with Crippen LogP contribution in [0.3, 0.4) is 0 Å². The number of aliphatic hydroxyl groups excluding tert-OH is 1. The Labute approximate surface area is 122 Å². The van der Waals surface area contributed by atoms with E-state index in [1.165, 1.54) is 26.1 Å². The average molecular weight is 325 g/mol. The summed E-state index contributed by atoms with van der Waals surface area (Å²) in [6.07, 6.45) is -5.29. The van der Waals surface area contributed by atoms with Gasteiger partial charge in [0.2, 0.25) is 10.0 Å². The zero-order valence-corrected chi connectivity index (χ0v) is 12.6. The Hall–Kier alpha value is -1.12. The van der Waals surface area contributed by atoms with Gasteiger partial charge in [0, 0.05) is 13.6 Å². The van der Waals surface area contributed by atoms with E-state index >= 15 is 0 Å². The summed E-state index contributed by atoms with van der Waals surface area (Å²) < 4.78 is 61.3. The summed E-state index contributed by atoms with van der Waals surface area (Å²) in [6, 6.07) is 4.43. The predicted octanol–water partition coefficient (Wildman–Crippen LogP) is 1.89. The molecule has 1 unspecified atom stereocenters. The number of hydrogen-bond donors (Lipinski definition) is 1. The Morgan fingerprint density at radius 3 is 2.19 bits per heavy atom. The fourth-order valence-corrected chi connectivity index (χ4v) is 2.64. The first-order valence-electron chi connectivity index (χ1n) is 6.34. The lowest BCUT2D eigenvalue weighted by molar-refractivity contribution is -0.137. The molecule has 0 aliphatic rings. The molecule has 0 saturated heterocycles. The van der Waals surface area contributed by atoms with E-state index < -0.39 is 27.9 Å². The Bertz CT molecular complexity index is 555. The highest BCUT2D eigenvalue weighted by atomic mass is 32.2. The van der Waals surface area contributed by atoms with Crippen molar-refractivity contribution in [2.24, 2.45) is 0 Å². The molecule has 0 amide bonds. The number of alkyl halides is 3. The first kappa shape index (κ1) is 17.9. The van der Waals surface area contributed by atoms with Crippen LogP contribution in [0, 0.1) is 0 Å². The minimum absolute atomic E-state index is 0.0729. The Balaban J connectivity index is 2.65. The minimum atomic E-state index is -4.40. The van der Waals surface area contributed by atoms with Gasteiger partial charge in [0.15, 0.2) is 0 Å². The minimum Gasteiger partial charge on any atom is -0.391 e. The zero-order valence-electron chi connectivity index (χ0n) is 11.8. The highest BCUT2D eigenvalue weighted by molar-refractivity contribution is 7.89. The Kier molecular flexibility index (Phi) is 5.77. The van der Waals surface area contributed by atoms with Gasteiger partial charge in [-0.05, 0) is 31.0 Å². The quantitative estimate of drug-likeness (QED) is 0.869. The molecule has 0 radical (unpaired) electrons. The molecule has 1 aromatic rings. The summed E-state index contributed by atoms with van der Waals surface area (Å²) in [4.78, 5) is 0. The van der Waals surface area contributed by atoms with Crippen LogP contribution in [0.5, 0.6) is 0 Å². The largest absolute Gasteiger partial charge is 0.416 e. The maximum atomic E-state index is 12.4. The van der Waals surface area contributed by atoms with E-state index in [1.807, 2.05) is 0 Å². The first-order valence-corrected chi connectivity index (χ1v) is 7.95. The summed E-state index contributed by atoms with van der Waals surface area (Å²) in [5.41, 5.74) is -0.246. The van der Waals surface area contributed by atoms with E-state index in [0.29, 0.717) is 5.56 Å². The second-order valence-corrected chi connectivity index (χ2v) is 7.10. The van der Waals surface area contributed by atoms with Gasteiger partial charge in [-0.15, -0.1) is 0 Å². The van der Waals surface area contributed by atoms with Crippen LogP contribution in [0.25, 0.3) is 0 Å². The smallest absolute Gasteiger partial charge is 0.391 e. The van der Waals surface area contributed by atoms with Crippen LogP contribution in [-0.4, -0.2) is 43.3 Å². The molecular formula is C13H18F3NO3S. The maximum Gasteiger partial charge on any atom is 0.416 e. The van der Waals surface area contributed by atoms with E-state index in [9.17, 15) is 26.7 Å². The first-order chi connectivity index (χ1) is 9.56. The molecule has 1 N–H and O–H groups in total. The number of halogens is 3. The maximum absolute atomic E-state index is 12.4. The molecule has 0 fully saturated rings. The van der Waals surface area contributed by atoms with Crippen molar-refractivity contribution in [3.8, 4) is 0 Å². The molecule has 8 heteroatoms. The third-order valence-corrected chi connectivity index (χ3v) is 4.89. The topological polar surface area (TPSA) is 57.6 Å². The van der Waals surface area contributed by atoms with Crippen molar-refractivity contribution >= 4 is 10.0 Å². The molecule has 120 valence electrons. The van der Waals surface area contributed by atoms with E-state index in [2.05, 4.69) is 0 Å². The van der Waals surface area contributed by atoms with Crippen molar-refractivity contribution in [2.45, 2.75) is 25.6 Å². The van der Waals surface area contributed by atoms with Crippen molar-refractivity contribution in [2.75, 3.05) is 19.3 Å². The molecule has 0 spiro atoms.